The lowest BCUT2D eigenvalue weighted by molar-refractivity contribution is 0.313. The first kappa shape index (κ1) is 14.2. The molecule has 0 spiro atoms. The van der Waals surface area contributed by atoms with Crippen LogP contribution in [0.1, 0.15) is 40.5 Å². The van der Waals surface area contributed by atoms with Crippen molar-refractivity contribution in [3.8, 4) is 0 Å². The molecule has 1 heteroatoms. The Hall–Kier alpha value is -0.300. The molecule has 74 valence electrons. The van der Waals surface area contributed by atoms with Crippen LogP contribution in [0.4, 0.5) is 0 Å². The highest BCUT2D eigenvalue weighted by Crippen LogP contribution is 2.10. The number of likely N-dealkylation sites (tertiary alicyclic amines) is 1. The molecular weight excluding hydrogens is 146 g/mol. The fourth-order valence-electron chi connectivity index (χ4n) is 0.935. The molecular formula is C11H25N. The highest BCUT2D eigenvalue weighted by Gasteiger charge is 2.06. The van der Waals surface area contributed by atoms with Crippen LogP contribution in [-0.2, 0) is 0 Å². The van der Waals surface area contributed by atoms with E-state index in [9.17, 15) is 0 Å². The average molecular weight is 171 g/mol. The molecule has 1 nitrogen and oxygen atoms in total. The highest BCUT2D eigenvalue weighted by atomic mass is 15.1. The van der Waals surface area contributed by atoms with Gasteiger partial charge in [0.25, 0.3) is 0 Å². The van der Waals surface area contributed by atoms with E-state index >= 15 is 0 Å². The van der Waals surface area contributed by atoms with Crippen molar-refractivity contribution < 1.29 is 0 Å². The van der Waals surface area contributed by atoms with Gasteiger partial charge in [-0.25, -0.2) is 0 Å². The largest absolute Gasteiger partial charge is 0.306 e. The molecule has 0 bridgehead atoms. The van der Waals surface area contributed by atoms with Crippen LogP contribution in [0.2, 0.25) is 0 Å². The molecule has 1 aliphatic rings. The monoisotopic (exact) mass is 171 g/mol. The number of piperidine rings is 1. The van der Waals surface area contributed by atoms with Crippen LogP contribution in [0.3, 0.4) is 0 Å². The zero-order chi connectivity index (χ0) is 9.98. The SMILES string of the molecule is C=C1CCN(C)CC1.CC.CC. The molecule has 0 aromatic rings. The van der Waals surface area contributed by atoms with Gasteiger partial charge in [-0.15, -0.1) is 0 Å². The fourth-order valence-corrected chi connectivity index (χ4v) is 0.935. The quantitative estimate of drug-likeness (QED) is 0.505. The van der Waals surface area contributed by atoms with Gasteiger partial charge in [0.1, 0.15) is 0 Å². The fraction of sp³-hybridized carbons (Fsp3) is 0.818. The predicted molar refractivity (Wildman–Crippen MR) is 58.6 cm³/mol. The van der Waals surface area contributed by atoms with Gasteiger partial charge >= 0.3 is 0 Å². The second kappa shape index (κ2) is 10.7. The molecule has 12 heavy (non-hydrogen) atoms. The molecule has 0 aromatic heterocycles. The molecule has 0 aliphatic carbocycles. The standard InChI is InChI=1S/C7H13N.2C2H6/c1-7-3-5-8(2)6-4-7;2*1-2/h1,3-6H2,2H3;2*1-2H3. The van der Waals surface area contributed by atoms with Gasteiger partial charge in [0.2, 0.25) is 0 Å². The van der Waals surface area contributed by atoms with E-state index in [0.29, 0.717) is 0 Å². The maximum absolute atomic E-state index is 3.92. The predicted octanol–water partition coefficient (Wildman–Crippen LogP) is 3.32. The van der Waals surface area contributed by atoms with Gasteiger partial charge in [0.15, 0.2) is 0 Å². The van der Waals surface area contributed by atoms with Gasteiger partial charge in [-0.3, -0.25) is 0 Å². The van der Waals surface area contributed by atoms with E-state index in [1.54, 1.807) is 0 Å². The third-order valence-corrected chi connectivity index (χ3v) is 1.69. The Balaban J connectivity index is 0. The number of hydrogen-bond acceptors (Lipinski definition) is 1. The van der Waals surface area contributed by atoms with E-state index in [1.807, 2.05) is 27.7 Å². The summed E-state index contributed by atoms with van der Waals surface area (Å²) in [4.78, 5) is 2.34. The van der Waals surface area contributed by atoms with E-state index < -0.39 is 0 Å². The van der Waals surface area contributed by atoms with Crippen molar-refractivity contribution in [1.29, 1.82) is 0 Å². The van der Waals surface area contributed by atoms with Crippen LogP contribution in [-0.4, -0.2) is 25.0 Å². The first-order chi connectivity index (χ1) is 5.79. The first-order valence-corrected chi connectivity index (χ1v) is 5.14. The Morgan fingerprint density at radius 3 is 1.58 bits per heavy atom. The molecule has 0 N–H and O–H groups in total. The first-order valence-electron chi connectivity index (χ1n) is 5.14. The Bertz CT molecular complexity index is 87.2. The maximum atomic E-state index is 3.92. The van der Waals surface area contributed by atoms with Gasteiger partial charge in [0, 0.05) is 13.1 Å². The summed E-state index contributed by atoms with van der Waals surface area (Å²) in [7, 11) is 2.16. The van der Waals surface area contributed by atoms with Crippen molar-refractivity contribution >= 4 is 0 Å². The van der Waals surface area contributed by atoms with Crippen LogP contribution in [0.5, 0.6) is 0 Å². The molecule has 0 atom stereocenters. The minimum absolute atomic E-state index is 1.20. The molecule has 0 radical (unpaired) electrons. The van der Waals surface area contributed by atoms with E-state index in [-0.39, 0.29) is 0 Å². The molecule has 0 aromatic carbocycles. The molecule has 1 saturated heterocycles. The topological polar surface area (TPSA) is 3.24 Å². The lowest BCUT2D eigenvalue weighted by atomic mass is 10.1. The van der Waals surface area contributed by atoms with Crippen LogP contribution in [0, 0.1) is 0 Å². The second-order valence-corrected chi connectivity index (χ2v) is 2.55. The summed E-state index contributed by atoms with van der Waals surface area (Å²) < 4.78 is 0. The zero-order valence-electron chi connectivity index (χ0n) is 9.48. The molecule has 0 amide bonds. The van der Waals surface area contributed by atoms with E-state index in [1.165, 1.54) is 31.5 Å². The van der Waals surface area contributed by atoms with Crippen molar-refractivity contribution in [3.63, 3.8) is 0 Å². The average Bonchev–Trinajstić information content (AvgIpc) is 2.17. The maximum Gasteiger partial charge on any atom is 0.00156 e. The summed E-state index contributed by atoms with van der Waals surface area (Å²) >= 11 is 0. The summed E-state index contributed by atoms with van der Waals surface area (Å²) in [6.45, 7) is 14.3. The van der Waals surface area contributed by atoms with Crippen LogP contribution in [0.15, 0.2) is 12.2 Å². The van der Waals surface area contributed by atoms with Gasteiger partial charge in [0.05, 0.1) is 0 Å². The Morgan fingerprint density at radius 2 is 1.33 bits per heavy atom. The third-order valence-electron chi connectivity index (χ3n) is 1.69. The number of nitrogens with zero attached hydrogens (tertiary/aromatic N) is 1. The molecule has 0 saturated carbocycles. The Kier molecular flexibility index (Phi) is 12.7. The summed E-state index contributed by atoms with van der Waals surface area (Å²) in [6, 6.07) is 0. The molecule has 0 unspecified atom stereocenters. The van der Waals surface area contributed by atoms with Crippen LogP contribution < -0.4 is 0 Å². The second-order valence-electron chi connectivity index (χ2n) is 2.55. The van der Waals surface area contributed by atoms with E-state index in [0.717, 1.165) is 0 Å². The number of hydrogen-bond donors (Lipinski definition) is 0. The number of rotatable bonds is 0. The molecule has 1 aliphatic heterocycles. The van der Waals surface area contributed by atoms with Gasteiger partial charge in [-0.05, 0) is 19.9 Å². The Labute approximate surface area is 78.5 Å². The molecule has 1 rings (SSSR count). The Morgan fingerprint density at radius 1 is 1.00 bits per heavy atom. The lowest BCUT2D eigenvalue weighted by Crippen LogP contribution is -2.25. The third kappa shape index (κ3) is 7.80. The van der Waals surface area contributed by atoms with Crippen molar-refractivity contribution in [1.82, 2.24) is 4.90 Å². The summed E-state index contributed by atoms with van der Waals surface area (Å²) in [5.41, 5.74) is 1.42. The van der Waals surface area contributed by atoms with Gasteiger partial charge in [-0.1, -0.05) is 39.8 Å². The van der Waals surface area contributed by atoms with Crippen molar-refractivity contribution in [2.24, 2.45) is 0 Å². The van der Waals surface area contributed by atoms with E-state index in [2.05, 4.69) is 18.5 Å². The van der Waals surface area contributed by atoms with Crippen LogP contribution in [0.25, 0.3) is 0 Å². The highest BCUT2D eigenvalue weighted by molar-refractivity contribution is 4.98. The van der Waals surface area contributed by atoms with Crippen molar-refractivity contribution in [2.75, 3.05) is 20.1 Å². The minimum atomic E-state index is 1.20. The molecule has 1 heterocycles. The summed E-state index contributed by atoms with van der Waals surface area (Å²) in [6.07, 6.45) is 2.41. The minimum Gasteiger partial charge on any atom is -0.306 e. The normalized spacial score (nSPS) is 16.9. The zero-order valence-corrected chi connectivity index (χ0v) is 9.48. The summed E-state index contributed by atoms with van der Waals surface area (Å²) in [5.74, 6) is 0. The molecule has 1 fully saturated rings. The van der Waals surface area contributed by atoms with Crippen molar-refractivity contribution in [3.05, 3.63) is 12.2 Å². The van der Waals surface area contributed by atoms with Gasteiger partial charge < -0.3 is 4.90 Å². The smallest absolute Gasteiger partial charge is 0.00156 e. The van der Waals surface area contributed by atoms with Crippen molar-refractivity contribution in [2.45, 2.75) is 40.5 Å². The van der Waals surface area contributed by atoms with Crippen LogP contribution >= 0.6 is 0 Å². The summed E-state index contributed by atoms with van der Waals surface area (Å²) in [5, 5.41) is 0. The van der Waals surface area contributed by atoms with E-state index in [4.69, 9.17) is 0 Å². The lowest BCUT2D eigenvalue weighted by Gasteiger charge is -2.22. The van der Waals surface area contributed by atoms with Gasteiger partial charge in [-0.2, -0.15) is 0 Å².